The van der Waals surface area contributed by atoms with E-state index in [2.05, 4.69) is 11.8 Å². The molecule has 0 saturated heterocycles. The maximum absolute atomic E-state index is 12.3. The fraction of sp³-hybridized carbons (Fsp3) is 1.00. The van der Waals surface area contributed by atoms with Gasteiger partial charge in [-0.3, -0.25) is 14.3 Å². The monoisotopic (exact) mass is 526 g/mol. The molecule has 0 bridgehead atoms. The number of phosphoric ester groups is 1. The first kappa shape index (κ1) is 35.0. The number of phosphoric acid groups is 1. The molecule has 3 N–H and O–H groups in total. The van der Waals surface area contributed by atoms with Gasteiger partial charge in [-0.15, -0.1) is 0 Å². The molecule has 0 saturated carbocycles. The van der Waals surface area contributed by atoms with Gasteiger partial charge in [-0.25, -0.2) is 9.45 Å². The molecule has 0 aromatic heterocycles. The van der Waals surface area contributed by atoms with Crippen LogP contribution in [0.5, 0.6) is 0 Å². The molecule has 0 aromatic rings. The smallest absolute Gasteiger partial charge is 0.393 e. The summed E-state index contributed by atoms with van der Waals surface area (Å²) in [5, 5.41) is 18.5. The van der Waals surface area contributed by atoms with Crippen LogP contribution in [-0.4, -0.2) is 72.8 Å². The molecular weight excluding hydrogens is 469 g/mol. The zero-order valence-corrected chi connectivity index (χ0v) is 24.1. The second kappa shape index (κ2) is 22.0. The Morgan fingerprint density at radius 3 is 1.54 bits per heavy atom. The molecule has 0 heterocycles. The summed E-state index contributed by atoms with van der Waals surface area (Å²) in [4.78, 5) is 14.3. The van der Waals surface area contributed by atoms with Crippen molar-refractivity contribution in [3.05, 3.63) is 0 Å². The Kier molecular flexibility index (Phi) is 21.9. The van der Waals surface area contributed by atoms with Crippen molar-refractivity contribution in [1.82, 2.24) is 0 Å². The molecule has 0 fully saturated rings. The molecule has 2 unspecified atom stereocenters. The Bertz CT molecular complexity index is 512. The van der Waals surface area contributed by atoms with Gasteiger partial charge in [-0.05, 0) is 6.42 Å². The summed E-state index contributed by atoms with van der Waals surface area (Å²) >= 11 is 0. The van der Waals surface area contributed by atoms with Gasteiger partial charge in [0.1, 0.15) is 25.4 Å². The van der Waals surface area contributed by atoms with Crippen molar-refractivity contribution in [2.24, 2.45) is 0 Å². The van der Waals surface area contributed by atoms with Crippen molar-refractivity contribution >= 4 is 7.82 Å². The number of aliphatic hydroxyl groups excluding tert-OH is 1. The van der Waals surface area contributed by atoms with E-state index in [1.807, 2.05) is 21.1 Å². The average Bonchev–Trinajstić information content (AvgIpc) is 2.78. The SMILES string of the molecule is CCCCCCCCCCCCCCCCCCC(OP(=O)(O)OCC[N+](C)(C)C)[C@H](CO)OO. The van der Waals surface area contributed by atoms with Crippen LogP contribution in [0.2, 0.25) is 0 Å². The van der Waals surface area contributed by atoms with E-state index in [1.54, 1.807) is 0 Å². The molecule has 0 rings (SSSR count). The average molecular weight is 527 g/mol. The molecule has 0 spiro atoms. The van der Waals surface area contributed by atoms with Crippen molar-refractivity contribution < 1.29 is 38.2 Å². The van der Waals surface area contributed by atoms with E-state index >= 15 is 0 Å². The van der Waals surface area contributed by atoms with Crippen molar-refractivity contribution in [2.75, 3.05) is 40.9 Å². The largest absolute Gasteiger partial charge is 0.472 e. The molecule has 35 heavy (non-hydrogen) atoms. The Hall–Kier alpha value is -0.0500. The van der Waals surface area contributed by atoms with Crippen molar-refractivity contribution in [2.45, 2.75) is 128 Å². The number of quaternary nitrogens is 1. The second-order valence-electron chi connectivity index (χ2n) is 10.9. The fourth-order valence-electron chi connectivity index (χ4n) is 4.05. The lowest BCUT2D eigenvalue weighted by Gasteiger charge is -2.27. The van der Waals surface area contributed by atoms with E-state index in [0.717, 1.165) is 19.3 Å². The Morgan fingerprint density at radius 1 is 0.743 bits per heavy atom. The topological polar surface area (TPSA) is 105 Å². The molecule has 0 aromatic carbocycles. The number of hydrogen-bond acceptors (Lipinski definition) is 6. The number of nitrogens with zero attached hydrogens (tertiary/aromatic N) is 1. The van der Waals surface area contributed by atoms with Gasteiger partial charge in [0.05, 0.1) is 27.7 Å². The van der Waals surface area contributed by atoms with Crippen LogP contribution in [0.25, 0.3) is 0 Å². The summed E-state index contributed by atoms with van der Waals surface area (Å²) in [6.45, 7) is 2.35. The quantitative estimate of drug-likeness (QED) is 0.0379. The van der Waals surface area contributed by atoms with Gasteiger partial charge in [0.25, 0.3) is 0 Å². The summed E-state index contributed by atoms with van der Waals surface area (Å²) in [6.07, 6.45) is 18.6. The minimum atomic E-state index is -4.32. The predicted molar refractivity (Wildman–Crippen MR) is 142 cm³/mol. The highest BCUT2D eigenvalue weighted by molar-refractivity contribution is 7.47. The lowest BCUT2D eigenvalue weighted by molar-refractivity contribution is -0.870. The maximum atomic E-state index is 12.3. The van der Waals surface area contributed by atoms with Crippen LogP contribution in [-0.2, 0) is 18.5 Å². The number of likely N-dealkylation sites (N-methyl/N-ethyl adjacent to an activating group) is 1. The van der Waals surface area contributed by atoms with Gasteiger partial charge < -0.3 is 14.5 Å². The highest BCUT2D eigenvalue weighted by Crippen LogP contribution is 2.46. The highest BCUT2D eigenvalue weighted by atomic mass is 31.2. The zero-order valence-electron chi connectivity index (χ0n) is 23.2. The number of unbranched alkanes of at least 4 members (excludes halogenated alkanes) is 15. The van der Waals surface area contributed by atoms with E-state index in [4.69, 9.17) is 14.3 Å². The van der Waals surface area contributed by atoms with Gasteiger partial charge in [-0.1, -0.05) is 110 Å². The van der Waals surface area contributed by atoms with Gasteiger partial charge in [0, 0.05) is 0 Å². The van der Waals surface area contributed by atoms with Crippen LogP contribution in [0.3, 0.4) is 0 Å². The van der Waals surface area contributed by atoms with Gasteiger partial charge in [-0.2, -0.15) is 0 Å². The van der Waals surface area contributed by atoms with E-state index in [1.165, 1.54) is 83.5 Å². The third-order valence-electron chi connectivity index (χ3n) is 6.36. The van der Waals surface area contributed by atoms with Crippen molar-refractivity contribution in [1.29, 1.82) is 0 Å². The third kappa shape index (κ3) is 22.8. The van der Waals surface area contributed by atoms with Crippen molar-refractivity contribution in [3.8, 4) is 0 Å². The van der Waals surface area contributed by atoms with Crippen LogP contribution in [0.4, 0.5) is 0 Å². The molecule has 8 nitrogen and oxygen atoms in total. The van der Waals surface area contributed by atoms with E-state index in [-0.39, 0.29) is 6.61 Å². The van der Waals surface area contributed by atoms with Gasteiger partial charge in [0.2, 0.25) is 0 Å². The number of rotatable bonds is 26. The van der Waals surface area contributed by atoms with E-state index < -0.39 is 26.6 Å². The van der Waals surface area contributed by atoms with Gasteiger partial charge in [0.15, 0.2) is 0 Å². The molecule has 0 aliphatic rings. The normalized spacial score (nSPS) is 15.7. The summed E-state index contributed by atoms with van der Waals surface area (Å²) in [5.41, 5.74) is 0. The minimum absolute atomic E-state index is 0.0623. The number of hydrogen-bond donors (Lipinski definition) is 3. The highest BCUT2D eigenvalue weighted by Gasteiger charge is 2.32. The first-order chi connectivity index (χ1) is 16.6. The van der Waals surface area contributed by atoms with Crippen molar-refractivity contribution in [3.63, 3.8) is 0 Å². The number of aliphatic hydroxyl groups is 1. The first-order valence-corrected chi connectivity index (χ1v) is 15.5. The Morgan fingerprint density at radius 2 is 1.17 bits per heavy atom. The third-order valence-corrected chi connectivity index (χ3v) is 7.40. The lowest BCUT2D eigenvalue weighted by atomic mass is 10.0. The molecule has 0 radical (unpaired) electrons. The molecule has 0 amide bonds. The van der Waals surface area contributed by atoms with Crippen LogP contribution in [0.1, 0.15) is 116 Å². The van der Waals surface area contributed by atoms with E-state index in [0.29, 0.717) is 17.4 Å². The molecule has 212 valence electrons. The first-order valence-electron chi connectivity index (χ1n) is 14.0. The fourth-order valence-corrected chi connectivity index (χ4v) is 5.01. The van der Waals surface area contributed by atoms with E-state index in [9.17, 15) is 14.6 Å². The molecule has 0 aliphatic carbocycles. The molecule has 9 heteroatoms. The summed E-state index contributed by atoms with van der Waals surface area (Å²) in [5.74, 6) is 0. The zero-order chi connectivity index (χ0) is 26.4. The van der Waals surface area contributed by atoms with Crippen LogP contribution >= 0.6 is 7.82 Å². The van der Waals surface area contributed by atoms with Crippen LogP contribution in [0.15, 0.2) is 0 Å². The molecule has 3 atom stereocenters. The predicted octanol–water partition coefficient (Wildman–Crippen LogP) is 6.70. The Labute approximate surface area is 215 Å². The second-order valence-corrected chi connectivity index (χ2v) is 12.3. The summed E-state index contributed by atoms with van der Waals surface area (Å²) in [6, 6.07) is 0. The van der Waals surface area contributed by atoms with Crippen LogP contribution in [0, 0.1) is 0 Å². The lowest BCUT2D eigenvalue weighted by Crippen LogP contribution is -2.37. The standard InChI is InChI=1S/C26H56NO7P/c1-5-6-7-8-9-10-11-12-13-14-15-16-17-18-19-20-21-25(26(24-28)33-29)34-35(30,31)32-23-22-27(2,3)4/h25-26,28H,5-24H2,1-4H3,(H-,29,30,31)/p+1/t25?,26-/m0/s1. The summed E-state index contributed by atoms with van der Waals surface area (Å²) in [7, 11) is 1.54. The van der Waals surface area contributed by atoms with Crippen LogP contribution < -0.4 is 0 Å². The summed E-state index contributed by atoms with van der Waals surface area (Å²) < 4.78 is 23.2. The Balaban J connectivity index is 3.93. The molecule has 0 aliphatic heterocycles. The maximum Gasteiger partial charge on any atom is 0.472 e. The minimum Gasteiger partial charge on any atom is -0.393 e. The molecular formula is C26H57NO7P+. The van der Waals surface area contributed by atoms with Gasteiger partial charge >= 0.3 is 7.82 Å².